The molecule has 0 aliphatic carbocycles. The van der Waals surface area contributed by atoms with Crippen LogP contribution in [0.3, 0.4) is 0 Å². The van der Waals surface area contributed by atoms with Gasteiger partial charge in [0.15, 0.2) is 0 Å². The zero-order valence-electron chi connectivity index (χ0n) is 23.3. The number of halogens is 1. The molecule has 1 aliphatic heterocycles. The van der Waals surface area contributed by atoms with Gasteiger partial charge in [-0.05, 0) is 86.7 Å². The van der Waals surface area contributed by atoms with Crippen molar-refractivity contribution in [2.45, 2.75) is 26.2 Å². The summed E-state index contributed by atoms with van der Waals surface area (Å²) in [4.78, 5) is 17.0. The van der Waals surface area contributed by atoms with Crippen LogP contribution in [0.2, 0.25) is 0 Å². The fourth-order valence-electron chi connectivity index (χ4n) is 5.92. The van der Waals surface area contributed by atoms with Gasteiger partial charge in [0.25, 0.3) is 0 Å². The molecule has 0 spiro atoms. The van der Waals surface area contributed by atoms with Crippen LogP contribution in [0.5, 0.6) is 0 Å². The Balaban J connectivity index is 1.20. The van der Waals surface area contributed by atoms with Gasteiger partial charge in [-0.3, -0.25) is 20.1 Å². The van der Waals surface area contributed by atoms with Crippen molar-refractivity contribution in [1.82, 2.24) is 35.5 Å². The van der Waals surface area contributed by atoms with Gasteiger partial charge >= 0.3 is 0 Å². The van der Waals surface area contributed by atoms with Crippen molar-refractivity contribution in [1.29, 1.82) is 0 Å². The van der Waals surface area contributed by atoms with E-state index in [2.05, 4.69) is 53.4 Å². The normalized spacial score (nSPS) is 14.0. The van der Waals surface area contributed by atoms with E-state index in [9.17, 15) is 4.39 Å². The maximum atomic E-state index is 14.2. The summed E-state index contributed by atoms with van der Waals surface area (Å²) in [6.07, 6.45) is 12.3. The highest BCUT2D eigenvalue weighted by molar-refractivity contribution is 6.01. The third-order valence-electron chi connectivity index (χ3n) is 7.95. The van der Waals surface area contributed by atoms with Crippen molar-refractivity contribution in [3.8, 4) is 33.8 Å². The number of aryl methyl sites for hydroxylation is 1. The molecule has 210 valence electrons. The van der Waals surface area contributed by atoms with E-state index in [0.717, 1.165) is 92.0 Å². The molecule has 0 saturated carbocycles. The summed E-state index contributed by atoms with van der Waals surface area (Å²) in [6.45, 7) is 8.29. The lowest BCUT2D eigenvalue weighted by Crippen LogP contribution is -2.28. The molecule has 8 nitrogen and oxygen atoms in total. The Bertz CT molecular complexity index is 1910. The molecule has 9 heteroatoms. The monoisotopic (exact) mass is 558 g/mol. The number of hydrogen-bond donors (Lipinski definition) is 4. The number of aromatic amines is 2. The maximum absolute atomic E-state index is 14.2. The first kappa shape index (κ1) is 26.0. The standard InChI is InChI=1S/C33H31FN8/c1-19-7-22(10-24(34)8-19)28-16-37-17-31-26(28)12-30(40-31)33-27-13-29(38-18-32(27)41-42-33)23-11-25(15-36-14-23)39-20(2)9-21-3-5-35-6-4-21/h7-8,10-18,21,35,39-40H,2-6,9H2,1H3,(H,41,42). The second-order valence-electron chi connectivity index (χ2n) is 11.1. The first-order valence-electron chi connectivity index (χ1n) is 14.2. The number of rotatable bonds is 7. The van der Waals surface area contributed by atoms with E-state index in [1.54, 1.807) is 18.6 Å². The quantitative estimate of drug-likeness (QED) is 0.168. The highest BCUT2D eigenvalue weighted by Gasteiger charge is 2.17. The van der Waals surface area contributed by atoms with Gasteiger partial charge in [0.2, 0.25) is 0 Å². The predicted octanol–water partition coefficient (Wildman–Crippen LogP) is 6.99. The fourth-order valence-corrected chi connectivity index (χ4v) is 5.92. The largest absolute Gasteiger partial charge is 0.358 e. The number of allylic oxidation sites excluding steroid dienone is 1. The third kappa shape index (κ3) is 5.14. The minimum Gasteiger partial charge on any atom is -0.358 e. The summed E-state index contributed by atoms with van der Waals surface area (Å²) in [5.41, 5.74) is 9.36. The predicted molar refractivity (Wildman–Crippen MR) is 165 cm³/mol. The number of anilines is 1. The van der Waals surface area contributed by atoms with Crippen molar-refractivity contribution in [3.63, 3.8) is 0 Å². The van der Waals surface area contributed by atoms with E-state index < -0.39 is 0 Å². The first-order valence-corrected chi connectivity index (χ1v) is 14.2. The molecular weight excluding hydrogens is 527 g/mol. The lowest BCUT2D eigenvalue weighted by Gasteiger charge is -2.23. The fraction of sp³-hybridized carbons (Fsp3) is 0.212. The van der Waals surface area contributed by atoms with Gasteiger partial charge in [-0.15, -0.1) is 0 Å². The van der Waals surface area contributed by atoms with Crippen molar-refractivity contribution >= 4 is 27.5 Å². The van der Waals surface area contributed by atoms with Gasteiger partial charge in [-0.1, -0.05) is 12.6 Å². The van der Waals surface area contributed by atoms with Crippen LogP contribution >= 0.6 is 0 Å². The summed E-state index contributed by atoms with van der Waals surface area (Å²) in [5, 5.41) is 16.5. The zero-order chi connectivity index (χ0) is 28.6. The van der Waals surface area contributed by atoms with Crippen molar-refractivity contribution in [2.75, 3.05) is 18.4 Å². The number of pyridine rings is 3. The van der Waals surface area contributed by atoms with Crippen molar-refractivity contribution < 1.29 is 4.39 Å². The van der Waals surface area contributed by atoms with Crippen molar-refractivity contribution in [2.24, 2.45) is 5.92 Å². The Hall–Kier alpha value is -4.89. The number of aromatic nitrogens is 6. The van der Waals surface area contributed by atoms with Gasteiger partial charge in [-0.2, -0.15) is 5.10 Å². The lowest BCUT2D eigenvalue weighted by atomic mass is 9.93. The lowest BCUT2D eigenvalue weighted by molar-refractivity contribution is 0.373. The number of H-pyrrole nitrogens is 2. The zero-order valence-corrected chi connectivity index (χ0v) is 23.3. The molecular formula is C33H31FN8. The van der Waals surface area contributed by atoms with E-state index in [4.69, 9.17) is 0 Å². The summed E-state index contributed by atoms with van der Waals surface area (Å²) in [5.74, 6) is 0.386. The van der Waals surface area contributed by atoms with Crippen LogP contribution in [0.4, 0.5) is 10.1 Å². The SMILES string of the molecule is C=C(CC1CCNCC1)Nc1cncc(-c2cc3c(-c4cc5c(-c6cc(C)cc(F)c6)cncc5[nH]4)n[nH]c3cn2)c1. The van der Waals surface area contributed by atoms with Gasteiger partial charge in [-0.25, -0.2) is 4.39 Å². The van der Waals surface area contributed by atoms with E-state index in [-0.39, 0.29) is 5.82 Å². The Morgan fingerprint density at radius 3 is 2.64 bits per heavy atom. The first-order chi connectivity index (χ1) is 20.5. The third-order valence-corrected chi connectivity index (χ3v) is 7.95. The van der Waals surface area contributed by atoms with Crippen LogP contribution in [0.1, 0.15) is 24.8 Å². The van der Waals surface area contributed by atoms with Crippen LogP contribution < -0.4 is 10.6 Å². The highest BCUT2D eigenvalue weighted by atomic mass is 19.1. The maximum Gasteiger partial charge on any atom is 0.124 e. The number of fused-ring (bicyclic) bond motifs is 2. The number of hydrogen-bond acceptors (Lipinski definition) is 6. The van der Waals surface area contributed by atoms with E-state index in [0.29, 0.717) is 5.92 Å². The van der Waals surface area contributed by atoms with Gasteiger partial charge in [0.1, 0.15) is 11.5 Å². The molecule has 0 atom stereocenters. The van der Waals surface area contributed by atoms with Gasteiger partial charge in [0, 0.05) is 40.0 Å². The molecule has 0 radical (unpaired) electrons. The number of piperidine rings is 1. The van der Waals surface area contributed by atoms with E-state index >= 15 is 0 Å². The smallest absolute Gasteiger partial charge is 0.124 e. The molecule has 0 amide bonds. The van der Waals surface area contributed by atoms with Gasteiger partial charge in [0.05, 0.1) is 46.7 Å². The van der Waals surface area contributed by atoms with Crippen LogP contribution in [0, 0.1) is 18.7 Å². The second-order valence-corrected chi connectivity index (χ2v) is 11.1. The number of benzene rings is 1. The molecule has 6 heterocycles. The highest BCUT2D eigenvalue weighted by Crippen LogP contribution is 2.35. The van der Waals surface area contributed by atoms with Crippen LogP contribution in [0.25, 0.3) is 55.6 Å². The Kier molecular flexibility index (Phi) is 6.71. The van der Waals surface area contributed by atoms with Crippen molar-refractivity contribution in [3.05, 3.63) is 91.0 Å². The molecule has 5 aromatic heterocycles. The number of nitrogens with zero attached hydrogens (tertiary/aromatic N) is 4. The molecule has 1 fully saturated rings. The minimum absolute atomic E-state index is 0.268. The molecule has 7 rings (SSSR count). The summed E-state index contributed by atoms with van der Waals surface area (Å²) in [6, 6.07) is 11.2. The molecule has 0 bridgehead atoms. The topological polar surface area (TPSA) is 107 Å². The molecule has 1 saturated heterocycles. The van der Waals surface area contributed by atoms with E-state index in [1.165, 1.54) is 25.0 Å². The van der Waals surface area contributed by atoms with Gasteiger partial charge < -0.3 is 15.6 Å². The second kappa shape index (κ2) is 10.8. The Morgan fingerprint density at radius 1 is 0.929 bits per heavy atom. The molecule has 4 N–H and O–H groups in total. The number of nitrogens with one attached hydrogen (secondary N) is 4. The average molecular weight is 559 g/mol. The van der Waals surface area contributed by atoms with E-state index in [1.807, 2.05) is 37.5 Å². The summed E-state index contributed by atoms with van der Waals surface area (Å²) < 4.78 is 14.2. The summed E-state index contributed by atoms with van der Waals surface area (Å²) >= 11 is 0. The molecule has 1 aliphatic rings. The van der Waals surface area contributed by atoms with Crippen LogP contribution in [-0.4, -0.2) is 43.2 Å². The average Bonchev–Trinajstić information content (AvgIpc) is 3.61. The Labute approximate surface area is 242 Å². The molecule has 42 heavy (non-hydrogen) atoms. The molecule has 6 aromatic rings. The summed E-state index contributed by atoms with van der Waals surface area (Å²) in [7, 11) is 0. The van der Waals surface area contributed by atoms with Crippen LogP contribution in [0.15, 0.2) is 79.7 Å². The molecule has 0 unspecified atom stereocenters. The minimum atomic E-state index is -0.268. The van der Waals surface area contributed by atoms with Crippen LogP contribution in [-0.2, 0) is 0 Å². The molecule has 1 aromatic carbocycles. The Morgan fingerprint density at radius 2 is 1.79 bits per heavy atom.